The van der Waals surface area contributed by atoms with Gasteiger partial charge in [0.25, 0.3) is 0 Å². The van der Waals surface area contributed by atoms with Crippen LogP contribution in [-0.4, -0.2) is 35.7 Å². The fraction of sp³-hybridized carbons (Fsp3) is 0.500. The summed E-state index contributed by atoms with van der Waals surface area (Å²) in [5.74, 6) is -0.296. The van der Waals surface area contributed by atoms with Crippen LogP contribution in [0.25, 0.3) is 0 Å². The first-order chi connectivity index (χ1) is 3.29. The average molecular weight is 218 g/mol. The van der Waals surface area contributed by atoms with Gasteiger partial charge in [0.1, 0.15) is 0 Å². The van der Waals surface area contributed by atoms with Gasteiger partial charge in [-0.2, -0.15) is 0 Å². The summed E-state index contributed by atoms with van der Waals surface area (Å²) in [6, 6.07) is 0. The number of imide groups is 1. The first kappa shape index (κ1) is 7.94. The Kier molecular flexibility index (Phi) is 3.04. The van der Waals surface area contributed by atoms with Crippen molar-refractivity contribution in [2.24, 2.45) is 0 Å². The van der Waals surface area contributed by atoms with Crippen molar-refractivity contribution in [1.82, 2.24) is 5.32 Å². The molecule has 1 aliphatic rings. The number of carbonyl (C=O) groups is 2. The number of amides is 2. The molecule has 0 aromatic carbocycles. The molecular weight excluding hydrogens is 213 g/mol. The summed E-state index contributed by atoms with van der Waals surface area (Å²) in [5, 5.41) is 2.14. The van der Waals surface area contributed by atoms with Gasteiger partial charge in [0.15, 0.2) is 0 Å². The fourth-order valence-electron chi connectivity index (χ4n) is 0.508. The maximum Gasteiger partial charge on any atom is 0.227 e. The number of hydrogen-bond acceptors (Lipinski definition) is 2. The molecule has 1 heterocycles. The van der Waals surface area contributed by atoms with Gasteiger partial charge < -0.3 is 0 Å². The maximum absolute atomic E-state index is 10.1. The van der Waals surface area contributed by atoms with Crippen molar-refractivity contribution in [3.8, 4) is 0 Å². The molecule has 1 rings (SSSR count). The molecular formula is C4H5NO2Sn. The molecule has 0 saturated carbocycles. The summed E-state index contributed by atoms with van der Waals surface area (Å²) < 4.78 is 0. The monoisotopic (exact) mass is 219 g/mol. The second-order valence-corrected chi connectivity index (χ2v) is 1.47. The van der Waals surface area contributed by atoms with Gasteiger partial charge in [-0.25, -0.2) is 0 Å². The smallest absolute Gasteiger partial charge is 0.227 e. The molecule has 0 spiro atoms. The van der Waals surface area contributed by atoms with Crippen molar-refractivity contribution >= 4 is 35.7 Å². The van der Waals surface area contributed by atoms with Crippen LogP contribution >= 0.6 is 0 Å². The molecule has 4 radical (unpaired) electrons. The Labute approximate surface area is 63.8 Å². The van der Waals surface area contributed by atoms with E-state index < -0.39 is 0 Å². The van der Waals surface area contributed by atoms with Gasteiger partial charge in [-0.05, 0) is 0 Å². The Hall–Kier alpha value is -0.0613. The van der Waals surface area contributed by atoms with E-state index in [-0.39, 0.29) is 35.7 Å². The van der Waals surface area contributed by atoms with E-state index in [1.54, 1.807) is 0 Å². The summed E-state index contributed by atoms with van der Waals surface area (Å²) >= 11 is 0. The van der Waals surface area contributed by atoms with Crippen LogP contribution in [-0.2, 0) is 9.59 Å². The van der Waals surface area contributed by atoms with Crippen molar-refractivity contribution in [3.63, 3.8) is 0 Å². The molecule has 0 aromatic heterocycles. The van der Waals surface area contributed by atoms with Gasteiger partial charge in [0, 0.05) is 36.7 Å². The molecule has 1 saturated heterocycles. The summed E-state index contributed by atoms with van der Waals surface area (Å²) in [5.41, 5.74) is 0. The van der Waals surface area contributed by atoms with Gasteiger partial charge in [-0.1, -0.05) is 0 Å². The van der Waals surface area contributed by atoms with E-state index >= 15 is 0 Å². The Morgan fingerprint density at radius 3 is 1.62 bits per heavy atom. The van der Waals surface area contributed by atoms with Crippen molar-refractivity contribution in [2.75, 3.05) is 0 Å². The third-order valence-electron chi connectivity index (χ3n) is 0.858. The molecule has 0 aromatic rings. The van der Waals surface area contributed by atoms with Crippen molar-refractivity contribution < 1.29 is 9.59 Å². The zero-order valence-corrected chi connectivity index (χ0v) is 7.08. The van der Waals surface area contributed by atoms with E-state index in [1.807, 2.05) is 0 Å². The minimum absolute atomic E-state index is 0. The van der Waals surface area contributed by atoms with Crippen LogP contribution in [0.3, 0.4) is 0 Å². The fourth-order valence-corrected chi connectivity index (χ4v) is 0.508. The Morgan fingerprint density at radius 1 is 1.12 bits per heavy atom. The van der Waals surface area contributed by atoms with Gasteiger partial charge in [-0.3, -0.25) is 14.9 Å². The number of nitrogens with one attached hydrogen (secondary N) is 1. The Bertz CT molecular complexity index is 109. The third kappa shape index (κ3) is 1.81. The zero-order valence-electron chi connectivity index (χ0n) is 4.23. The topological polar surface area (TPSA) is 46.2 Å². The minimum atomic E-state index is -0.148. The van der Waals surface area contributed by atoms with Crippen molar-refractivity contribution in [2.45, 2.75) is 12.8 Å². The molecule has 0 unspecified atom stereocenters. The first-order valence-corrected chi connectivity index (χ1v) is 2.12. The second-order valence-electron chi connectivity index (χ2n) is 1.47. The number of hydrogen-bond donors (Lipinski definition) is 1. The standard InChI is InChI=1S/C4H5NO2.Sn/c6-3-1-2-4(7)5-3;/h1-2H2,(H,5,6,7);. The zero-order chi connectivity index (χ0) is 5.28. The largest absolute Gasteiger partial charge is 0.296 e. The van der Waals surface area contributed by atoms with Crippen LogP contribution in [0.5, 0.6) is 0 Å². The SMILES string of the molecule is O=C1CCC(=O)N1.[Sn]. The van der Waals surface area contributed by atoms with E-state index in [0.717, 1.165) is 0 Å². The van der Waals surface area contributed by atoms with Crippen molar-refractivity contribution in [1.29, 1.82) is 0 Å². The molecule has 8 heavy (non-hydrogen) atoms. The van der Waals surface area contributed by atoms with E-state index in [0.29, 0.717) is 12.8 Å². The van der Waals surface area contributed by atoms with E-state index in [4.69, 9.17) is 0 Å². The summed E-state index contributed by atoms with van der Waals surface area (Å²) in [6.07, 6.45) is 0.748. The molecule has 4 heteroatoms. The van der Waals surface area contributed by atoms with Crippen molar-refractivity contribution in [3.05, 3.63) is 0 Å². The van der Waals surface area contributed by atoms with E-state index in [2.05, 4.69) is 5.32 Å². The van der Waals surface area contributed by atoms with Gasteiger partial charge >= 0.3 is 0 Å². The summed E-state index contributed by atoms with van der Waals surface area (Å²) in [7, 11) is 0. The quantitative estimate of drug-likeness (QED) is 0.420. The summed E-state index contributed by atoms with van der Waals surface area (Å²) in [4.78, 5) is 20.2. The van der Waals surface area contributed by atoms with Crippen LogP contribution < -0.4 is 5.32 Å². The van der Waals surface area contributed by atoms with Crippen LogP contribution in [0.15, 0.2) is 0 Å². The van der Waals surface area contributed by atoms with Crippen LogP contribution in [0, 0.1) is 0 Å². The van der Waals surface area contributed by atoms with Gasteiger partial charge in [0.05, 0.1) is 0 Å². The molecule has 0 aliphatic carbocycles. The molecule has 2 amide bonds. The molecule has 1 N–H and O–H groups in total. The molecule has 1 aliphatic heterocycles. The average Bonchev–Trinajstić information content (AvgIpc) is 1.87. The molecule has 1 fully saturated rings. The molecule has 3 nitrogen and oxygen atoms in total. The molecule has 0 atom stereocenters. The summed E-state index contributed by atoms with van der Waals surface area (Å²) in [6.45, 7) is 0. The Morgan fingerprint density at radius 2 is 1.50 bits per heavy atom. The van der Waals surface area contributed by atoms with E-state index in [1.165, 1.54) is 0 Å². The minimum Gasteiger partial charge on any atom is -0.296 e. The van der Waals surface area contributed by atoms with Crippen LogP contribution in [0.2, 0.25) is 0 Å². The third-order valence-corrected chi connectivity index (χ3v) is 0.858. The predicted molar refractivity (Wildman–Crippen MR) is 28.1 cm³/mol. The molecule has 0 bridgehead atoms. The van der Waals surface area contributed by atoms with Gasteiger partial charge in [0.2, 0.25) is 11.8 Å². The van der Waals surface area contributed by atoms with E-state index in [9.17, 15) is 9.59 Å². The normalized spacial score (nSPS) is 17.5. The van der Waals surface area contributed by atoms with Crippen LogP contribution in [0.4, 0.5) is 0 Å². The molecule has 42 valence electrons. The number of rotatable bonds is 0. The maximum atomic E-state index is 10.1. The predicted octanol–water partition coefficient (Wildman–Crippen LogP) is -0.958. The number of carbonyl (C=O) groups excluding carboxylic acids is 2. The van der Waals surface area contributed by atoms with Crippen LogP contribution in [0.1, 0.15) is 12.8 Å². The van der Waals surface area contributed by atoms with Gasteiger partial charge in [-0.15, -0.1) is 0 Å². The Balaban J connectivity index is 0.000000490. The first-order valence-electron chi connectivity index (χ1n) is 2.12. The second kappa shape index (κ2) is 3.06.